The van der Waals surface area contributed by atoms with Crippen molar-refractivity contribution in [1.82, 2.24) is 35.5 Å². The second kappa shape index (κ2) is 14.0. The van der Waals surface area contributed by atoms with Crippen molar-refractivity contribution in [2.45, 2.75) is 38.1 Å². The lowest BCUT2D eigenvalue weighted by molar-refractivity contribution is -0.117. The zero-order chi connectivity index (χ0) is 32.0. The molecule has 0 fully saturated rings. The van der Waals surface area contributed by atoms with E-state index in [1.165, 1.54) is 29.8 Å². The highest BCUT2D eigenvalue weighted by Crippen LogP contribution is 2.34. The number of hydrogen-bond donors (Lipinski definition) is 3. The number of H-pyrrole nitrogens is 1. The van der Waals surface area contributed by atoms with E-state index in [0.29, 0.717) is 45.1 Å². The third kappa shape index (κ3) is 7.27. The van der Waals surface area contributed by atoms with Gasteiger partial charge in [-0.2, -0.15) is 4.68 Å². The van der Waals surface area contributed by atoms with E-state index in [9.17, 15) is 9.59 Å². The van der Waals surface area contributed by atoms with Crippen molar-refractivity contribution in [2.24, 2.45) is 0 Å². The van der Waals surface area contributed by atoms with Gasteiger partial charge in [0, 0.05) is 27.9 Å². The van der Waals surface area contributed by atoms with Crippen LogP contribution in [0.4, 0.5) is 10.5 Å². The fraction of sp³-hybridized carbons (Fsp3) is 0.212. The van der Waals surface area contributed by atoms with Gasteiger partial charge in [0.15, 0.2) is 0 Å². The van der Waals surface area contributed by atoms with Crippen LogP contribution in [0.5, 0.6) is 0 Å². The second-order valence-corrected chi connectivity index (χ2v) is 11.7. The molecule has 2 amide bonds. The molecule has 3 heterocycles. The summed E-state index contributed by atoms with van der Waals surface area (Å²) < 4.78 is 6.27. The van der Waals surface area contributed by atoms with Gasteiger partial charge >= 0.3 is 6.09 Å². The molecule has 2 aromatic heterocycles. The summed E-state index contributed by atoms with van der Waals surface area (Å²) in [7, 11) is 1.32. The number of amides is 2. The molecule has 3 N–H and O–H groups in total. The van der Waals surface area contributed by atoms with Gasteiger partial charge in [0.2, 0.25) is 5.91 Å². The van der Waals surface area contributed by atoms with Gasteiger partial charge in [-0.3, -0.25) is 10.1 Å². The molecule has 0 saturated carbocycles. The third-order valence-electron chi connectivity index (χ3n) is 7.71. The zero-order valence-corrected chi connectivity index (χ0v) is 26.3. The summed E-state index contributed by atoms with van der Waals surface area (Å²) in [6.07, 6.45) is 8.08. The molecule has 46 heavy (non-hydrogen) atoms. The van der Waals surface area contributed by atoms with Crippen LogP contribution in [-0.4, -0.2) is 49.3 Å². The van der Waals surface area contributed by atoms with E-state index in [2.05, 4.69) is 43.3 Å². The maximum Gasteiger partial charge on any atom is 0.411 e. The Bertz CT molecular complexity index is 1900. The van der Waals surface area contributed by atoms with E-state index in [-0.39, 0.29) is 5.91 Å². The normalized spacial score (nSPS) is 14.7. The number of nitrogens with zero attached hydrogens (tertiary/aromatic N) is 5. The molecule has 0 saturated heterocycles. The van der Waals surface area contributed by atoms with Crippen molar-refractivity contribution in [2.75, 3.05) is 12.4 Å². The number of anilines is 1. The summed E-state index contributed by atoms with van der Waals surface area (Å²) in [6, 6.07) is 18.7. The van der Waals surface area contributed by atoms with Crippen LogP contribution < -0.4 is 10.6 Å². The maximum absolute atomic E-state index is 13.4. The SMILES string of the molecule is COC(=O)Nc1ccc2c(c1)CCCCc1cccc(c1)CC(NC(=O)C=Cc1cc(Cl)ccc1-n1cnnn1)c1nc-2c(Cl)[nH]1. The van der Waals surface area contributed by atoms with Crippen LogP contribution in [0.25, 0.3) is 23.0 Å². The molecular formula is C33H30Cl2N8O3. The summed E-state index contributed by atoms with van der Waals surface area (Å²) in [5, 5.41) is 18.1. The van der Waals surface area contributed by atoms with E-state index in [0.717, 1.165) is 42.4 Å². The minimum Gasteiger partial charge on any atom is -0.453 e. The molecule has 0 aliphatic carbocycles. The van der Waals surface area contributed by atoms with Crippen LogP contribution in [0.1, 0.15) is 47.0 Å². The number of aromatic amines is 1. The second-order valence-electron chi connectivity index (χ2n) is 10.9. The first-order chi connectivity index (χ1) is 22.4. The monoisotopic (exact) mass is 656 g/mol. The average Bonchev–Trinajstić information content (AvgIpc) is 3.72. The van der Waals surface area contributed by atoms with Gasteiger partial charge in [-0.25, -0.2) is 9.78 Å². The van der Waals surface area contributed by atoms with Crippen molar-refractivity contribution in [3.8, 4) is 16.9 Å². The van der Waals surface area contributed by atoms with Crippen LogP contribution in [0.2, 0.25) is 10.2 Å². The Morgan fingerprint density at radius 2 is 1.89 bits per heavy atom. The largest absolute Gasteiger partial charge is 0.453 e. The zero-order valence-electron chi connectivity index (χ0n) is 24.8. The molecule has 0 radical (unpaired) electrons. The molecule has 1 aliphatic rings. The minimum absolute atomic E-state index is 0.335. The molecule has 1 unspecified atom stereocenters. The van der Waals surface area contributed by atoms with Crippen molar-refractivity contribution in [3.05, 3.63) is 111 Å². The van der Waals surface area contributed by atoms with Crippen molar-refractivity contribution < 1.29 is 14.3 Å². The first kappa shape index (κ1) is 31.0. The fourth-order valence-corrected chi connectivity index (χ4v) is 5.95. The van der Waals surface area contributed by atoms with E-state index in [4.69, 9.17) is 32.9 Å². The fourth-order valence-electron chi connectivity index (χ4n) is 5.52. The molecular weight excluding hydrogens is 627 g/mol. The highest BCUT2D eigenvalue weighted by atomic mass is 35.5. The van der Waals surface area contributed by atoms with Crippen molar-refractivity contribution in [3.63, 3.8) is 0 Å². The number of halogens is 2. The number of fused-ring (bicyclic) bond motifs is 6. The Kier molecular flexibility index (Phi) is 9.41. The van der Waals surface area contributed by atoms with E-state index in [1.54, 1.807) is 30.3 Å². The molecule has 13 heteroatoms. The standard InChI is InChI=1S/C33H30Cl2N8O3/c1-46-33(45)37-25-11-12-26-22(18-25)8-3-2-5-20-6-4-7-21(15-20)16-27(32-39-30(26)31(35)40-32)38-29(44)14-9-23-17-24(34)10-13-28(23)43-19-36-41-42-43/h4,6-7,9-15,17-19,27H,2-3,5,8,16H2,1H3,(H,37,45)(H,38,44)(H,39,40). The number of carbonyl (C=O) groups is 2. The van der Waals surface area contributed by atoms with Gasteiger partial charge in [-0.1, -0.05) is 53.5 Å². The number of ether oxygens (including phenoxy) is 1. The summed E-state index contributed by atoms with van der Waals surface area (Å²) in [5.41, 5.74) is 6.63. The summed E-state index contributed by atoms with van der Waals surface area (Å²) >= 11 is 13.0. The first-order valence-electron chi connectivity index (χ1n) is 14.7. The van der Waals surface area contributed by atoms with E-state index >= 15 is 0 Å². The van der Waals surface area contributed by atoms with Gasteiger partial charge in [0.25, 0.3) is 0 Å². The number of hydrogen-bond acceptors (Lipinski definition) is 7. The highest BCUT2D eigenvalue weighted by Gasteiger charge is 2.23. The van der Waals surface area contributed by atoms with Gasteiger partial charge in [-0.05, 0) is 95.6 Å². The number of rotatable bonds is 5. The molecule has 11 nitrogen and oxygen atoms in total. The predicted octanol–water partition coefficient (Wildman–Crippen LogP) is 6.53. The Morgan fingerprint density at radius 3 is 2.72 bits per heavy atom. The highest BCUT2D eigenvalue weighted by molar-refractivity contribution is 6.32. The van der Waals surface area contributed by atoms with Crippen LogP contribution in [0, 0.1) is 0 Å². The topological polar surface area (TPSA) is 140 Å². The Hall–Kier alpha value is -5.00. The molecule has 1 aliphatic heterocycles. The van der Waals surface area contributed by atoms with Crippen molar-refractivity contribution >= 4 is 47.0 Å². The number of methoxy groups -OCH3 is 1. The van der Waals surface area contributed by atoms with Crippen LogP contribution in [0.3, 0.4) is 0 Å². The summed E-state index contributed by atoms with van der Waals surface area (Å²) in [4.78, 5) is 33.4. The van der Waals surface area contributed by atoms with Crippen LogP contribution in [-0.2, 0) is 28.8 Å². The van der Waals surface area contributed by atoms with E-state index < -0.39 is 12.1 Å². The lowest BCUT2D eigenvalue weighted by Crippen LogP contribution is -2.29. The number of carbonyl (C=O) groups excluding carboxylic acids is 2. The molecule has 3 aromatic carbocycles. The first-order valence-corrected chi connectivity index (χ1v) is 15.4. The van der Waals surface area contributed by atoms with Gasteiger partial charge in [0.05, 0.1) is 18.8 Å². The Balaban J connectivity index is 1.34. The van der Waals surface area contributed by atoms with Gasteiger partial charge < -0.3 is 15.0 Å². The number of imidazole rings is 1. The van der Waals surface area contributed by atoms with Gasteiger partial charge in [0.1, 0.15) is 23.0 Å². The third-order valence-corrected chi connectivity index (χ3v) is 8.22. The smallest absolute Gasteiger partial charge is 0.411 e. The van der Waals surface area contributed by atoms with E-state index in [1.807, 2.05) is 24.3 Å². The molecule has 0 spiro atoms. The number of tetrazole rings is 1. The minimum atomic E-state index is -0.546. The molecule has 234 valence electrons. The number of benzene rings is 3. The maximum atomic E-state index is 13.4. The molecule has 4 bridgehead atoms. The average molecular weight is 658 g/mol. The molecule has 5 aromatic rings. The van der Waals surface area contributed by atoms with Crippen molar-refractivity contribution in [1.29, 1.82) is 0 Å². The van der Waals surface area contributed by atoms with Gasteiger partial charge in [-0.15, -0.1) is 5.10 Å². The lowest BCUT2D eigenvalue weighted by Gasteiger charge is -2.17. The number of aryl methyl sites for hydroxylation is 2. The molecule has 6 rings (SSSR count). The quantitative estimate of drug-likeness (QED) is 0.183. The van der Waals surface area contributed by atoms with Crippen LogP contribution in [0.15, 0.2) is 73.1 Å². The summed E-state index contributed by atoms with van der Waals surface area (Å²) in [5.74, 6) is 0.182. The summed E-state index contributed by atoms with van der Waals surface area (Å²) in [6.45, 7) is 0. The Labute approximate surface area is 275 Å². The molecule has 1 atom stereocenters. The number of nitrogens with one attached hydrogen (secondary N) is 3. The number of aromatic nitrogens is 6. The Morgan fingerprint density at radius 1 is 1.04 bits per heavy atom. The van der Waals surface area contributed by atoms with Crippen LogP contribution >= 0.6 is 23.2 Å². The predicted molar refractivity (Wildman–Crippen MR) is 176 cm³/mol. The lowest BCUT2D eigenvalue weighted by atomic mass is 9.96.